The molecule has 0 spiro atoms. The summed E-state index contributed by atoms with van der Waals surface area (Å²) in [6.07, 6.45) is 0.830. The average molecular weight is 389 g/mol. The predicted molar refractivity (Wildman–Crippen MR) is 103 cm³/mol. The third-order valence-electron chi connectivity index (χ3n) is 5.50. The summed E-state index contributed by atoms with van der Waals surface area (Å²) in [4.78, 5) is 18.5. The smallest absolute Gasteiger partial charge is 0.227 e. The molecule has 1 amide bonds. The number of nitrogens with zero attached hydrogens (tertiary/aromatic N) is 3. The molecule has 1 aromatic carbocycles. The molecule has 2 atom stereocenters. The van der Waals surface area contributed by atoms with Crippen molar-refractivity contribution in [3.8, 4) is 11.4 Å². The molecule has 0 radical (unpaired) electrons. The Morgan fingerprint density at radius 3 is 2.79 bits per heavy atom. The highest BCUT2D eigenvalue weighted by Gasteiger charge is 2.36. The Bertz CT molecular complexity index is 844. The van der Waals surface area contributed by atoms with Gasteiger partial charge in [-0.1, -0.05) is 38.1 Å². The van der Waals surface area contributed by atoms with E-state index >= 15 is 0 Å². The largest absolute Gasteiger partial charge is 0.391 e. The third kappa shape index (κ3) is 4.58. The fourth-order valence-electron chi connectivity index (χ4n) is 3.75. The first-order valence-corrected chi connectivity index (χ1v) is 9.70. The van der Waals surface area contributed by atoms with Crippen molar-refractivity contribution in [2.24, 2.45) is 11.3 Å². The van der Waals surface area contributed by atoms with Gasteiger partial charge in [-0.25, -0.2) is 4.39 Å². The first-order chi connectivity index (χ1) is 13.1. The van der Waals surface area contributed by atoms with Gasteiger partial charge in [0, 0.05) is 31.5 Å². The number of carbonyl (C=O) groups excluding carboxylic acids is 1. The number of hydrogen-bond acceptors (Lipinski definition) is 5. The number of benzene rings is 1. The molecule has 1 fully saturated rings. The minimum absolute atomic E-state index is 0.0180. The van der Waals surface area contributed by atoms with Crippen LogP contribution in [0.1, 0.15) is 45.1 Å². The summed E-state index contributed by atoms with van der Waals surface area (Å²) in [5.74, 6) is 0.478. The van der Waals surface area contributed by atoms with Crippen LogP contribution < -0.4 is 0 Å². The van der Waals surface area contributed by atoms with E-state index < -0.39 is 6.10 Å². The van der Waals surface area contributed by atoms with Crippen molar-refractivity contribution < 1.29 is 18.8 Å². The van der Waals surface area contributed by atoms with Gasteiger partial charge in [-0.05, 0) is 36.3 Å². The quantitative estimate of drug-likeness (QED) is 0.867. The third-order valence-corrected chi connectivity index (χ3v) is 5.50. The van der Waals surface area contributed by atoms with E-state index in [4.69, 9.17) is 4.52 Å². The van der Waals surface area contributed by atoms with E-state index in [1.165, 1.54) is 6.07 Å². The summed E-state index contributed by atoms with van der Waals surface area (Å²) in [6, 6.07) is 4.77. The summed E-state index contributed by atoms with van der Waals surface area (Å²) in [7, 11) is 0. The highest BCUT2D eigenvalue weighted by Crippen LogP contribution is 2.34. The molecular formula is C21H28FN3O3. The molecule has 28 heavy (non-hydrogen) atoms. The first kappa shape index (κ1) is 20.5. The highest BCUT2D eigenvalue weighted by atomic mass is 19.1. The lowest BCUT2D eigenvalue weighted by Crippen LogP contribution is -2.50. The van der Waals surface area contributed by atoms with Crippen LogP contribution in [0.4, 0.5) is 4.39 Å². The molecule has 3 rings (SSSR count). The number of halogens is 1. The van der Waals surface area contributed by atoms with Gasteiger partial charge < -0.3 is 14.5 Å². The number of aliphatic hydroxyl groups excluding tert-OH is 1. The fraction of sp³-hybridized carbons (Fsp3) is 0.571. The Balaban J connectivity index is 1.56. The lowest BCUT2D eigenvalue weighted by atomic mass is 9.73. The van der Waals surface area contributed by atoms with Gasteiger partial charge in [-0.15, -0.1) is 0 Å². The minimum Gasteiger partial charge on any atom is -0.391 e. The van der Waals surface area contributed by atoms with Crippen molar-refractivity contribution in [1.29, 1.82) is 0 Å². The maximum Gasteiger partial charge on any atom is 0.227 e. The molecule has 0 unspecified atom stereocenters. The molecule has 1 N–H and O–H groups in total. The molecule has 1 aromatic heterocycles. The van der Waals surface area contributed by atoms with Crippen molar-refractivity contribution in [3.05, 3.63) is 35.5 Å². The van der Waals surface area contributed by atoms with Crippen molar-refractivity contribution in [1.82, 2.24) is 15.0 Å². The van der Waals surface area contributed by atoms with E-state index in [0.717, 1.165) is 6.42 Å². The van der Waals surface area contributed by atoms with Crippen LogP contribution in [-0.2, 0) is 11.2 Å². The van der Waals surface area contributed by atoms with Gasteiger partial charge in [-0.2, -0.15) is 4.98 Å². The molecular weight excluding hydrogens is 361 g/mol. The molecule has 0 aliphatic carbocycles. The van der Waals surface area contributed by atoms with E-state index in [1.54, 1.807) is 24.0 Å². The summed E-state index contributed by atoms with van der Waals surface area (Å²) < 4.78 is 18.9. The second-order valence-electron chi connectivity index (χ2n) is 8.64. The van der Waals surface area contributed by atoms with Crippen LogP contribution in [0.5, 0.6) is 0 Å². The zero-order chi connectivity index (χ0) is 20.5. The highest BCUT2D eigenvalue weighted by molar-refractivity contribution is 5.76. The lowest BCUT2D eigenvalue weighted by molar-refractivity contribution is -0.137. The predicted octanol–water partition coefficient (Wildman–Crippen LogP) is 3.37. The SMILES string of the molecule is Cc1ccc(-c2noc(CCC(=O)N3CC[C@@H](C(C)(C)C)[C@@H](O)C3)n2)cc1F. The van der Waals surface area contributed by atoms with Crippen LogP contribution in [0.3, 0.4) is 0 Å². The van der Waals surface area contributed by atoms with E-state index in [-0.39, 0.29) is 29.5 Å². The van der Waals surface area contributed by atoms with Crippen molar-refractivity contribution in [3.63, 3.8) is 0 Å². The van der Waals surface area contributed by atoms with Gasteiger partial charge >= 0.3 is 0 Å². The van der Waals surface area contributed by atoms with Crippen LogP contribution in [-0.4, -0.2) is 45.2 Å². The molecule has 152 valence electrons. The van der Waals surface area contributed by atoms with E-state index in [9.17, 15) is 14.3 Å². The van der Waals surface area contributed by atoms with Crippen LogP contribution in [0.15, 0.2) is 22.7 Å². The second kappa shape index (κ2) is 7.99. The Morgan fingerprint density at radius 2 is 2.14 bits per heavy atom. The molecule has 7 heteroatoms. The Morgan fingerprint density at radius 1 is 1.39 bits per heavy atom. The normalized spacial score (nSPS) is 20.4. The number of aryl methyl sites for hydroxylation is 2. The average Bonchev–Trinajstić information content (AvgIpc) is 3.10. The Labute approximate surface area is 164 Å². The number of likely N-dealkylation sites (tertiary alicyclic amines) is 1. The lowest BCUT2D eigenvalue weighted by Gasteiger charge is -2.42. The first-order valence-electron chi connectivity index (χ1n) is 9.70. The summed E-state index contributed by atoms with van der Waals surface area (Å²) in [5, 5.41) is 14.3. The summed E-state index contributed by atoms with van der Waals surface area (Å²) in [5.41, 5.74) is 1.11. The van der Waals surface area contributed by atoms with Crippen molar-refractivity contribution in [2.75, 3.05) is 13.1 Å². The number of β-amino-alcohol motifs (C(OH)–C–C–N with tert-alkyl or cyclic N) is 1. The standard InChI is InChI=1S/C21H28FN3O3/c1-13-5-6-14(11-16(13)22)20-23-18(28-24-20)7-8-19(27)25-10-9-15(17(26)12-25)21(2,3)4/h5-6,11,15,17,26H,7-10,12H2,1-4H3/t15-,17+/m1/s1. The summed E-state index contributed by atoms with van der Waals surface area (Å²) in [6.45, 7) is 9.05. The van der Waals surface area contributed by atoms with Crippen molar-refractivity contribution >= 4 is 5.91 Å². The van der Waals surface area contributed by atoms with Gasteiger partial charge in [0.05, 0.1) is 6.10 Å². The molecule has 2 aromatic rings. The molecule has 2 heterocycles. The zero-order valence-electron chi connectivity index (χ0n) is 16.9. The zero-order valence-corrected chi connectivity index (χ0v) is 16.9. The molecule has 1 aliphatic heterocycles. The molecule has 1 saturated heterocycles. The number of piperidine rings is 1. The minimum atomic E-state index is -0.510. The number of aliphatic hydroxyl groups is 1. The molecule has 1 aliphatic rings. The second-order valence-corrected chi connectivity index (χ2v) is 8.64. The topological polar surface area (TPSA) is 79.5 Å². The number of carbonyl (C=O) groups is 1. The molecule has 0 bridgehead atoms. The Kier molecular flexibility index (Phi) is 5.84. The monoisotopic (exact) mass is 389 g/mol. The van der Waals surface area contributed by atoms with Gasteiger partial charge in [0.2, 0.25) is 17.6 Å². The van der Waals surface area contributed by atoms with Gasteiger partial charge in [-0.3, -0.25) is 4.79 Å². The maximum atomic E-state index is 13.7. The Hall–Kier alpha value is -2.28. The van der Waals surface area contributed by atoms with E-state index in [0.29, 0.717) is 42.4 Å². The maximum absolute atomic E-state index is 13.7. The number of aromatic nitrogens is 2. The fourth-order valence-corrected chi connectivity index (χ4v) is 3.75. The molecule has 6 nitrogen and oxygen atoms in total. The van der Waals surface area contributed by atoms with Crippen molar-refractivity contribution in [2.45, 2.75) is 53.1 Å². The number of hydrogen-bond donors (Lipinski definition) is 1. The van der Waals surface area contributed by atoms with Crippen LogP contribution in [0, 0.1) is 24.1 Å². The van der Waals surface area contributed by atoms with Crippen LogP contribution in [0.2, 0.25) is 0 Å². The van der Waals surface area contributed by atoms with E-state index in [1.807, 2.05) is 0 Å². The van der Waals surface area contributed by atoms with Crippen LogP contribution in [0.25, 0.3) is 11.4 Å². The van der Waals surface area contributed by atoms with Gasteiger partial charge in [0.15, 0.2) is 0 Å². The van der Waals surface area contributed by atoms with Gasteiger partial charge in [0.1, 0.15) is 5.82 Å². The number of amides is 1. The van der Waals surface area contributed by atoms with E-state index in [2.05, 4.69) is 30.9 Å². The summed E-state index contributed by atoms with van der Waals surface area (Å²) >= 11 is 0. The molecule has 0 saturated carbocycles. The van der Waals surface area contributed by atoms with Crippen LogP contribution >= 0.6 is 0 Å². The number of rotatable bonds is 4. The van der Waals surface area contributed by atoms with Gasteiger partial charge in [0.25, 0.3) is 0 Å².